The van der Waals surface area contributed by atoms with Crippen LogP contribution in [0, 0.1) is 0 Å². The Kier molecular flexibility index (Phi) is 4.73. The molecule has 2 amide bonds. The highest BCUT2D eigenvalue weighted by Crippen LogP contribution is 2.17. The predicted octanol–water partition coefficient (Wildman–Crippen LogP) is -0.149. The molecule has 0 aromatic carbocycles. The van der Waals surface area contributed by atoms with Gasteiger partial charge in [-0.15, -0.1) is 0 Å². The number of nitrogens with zero attached hydrogens (tertiary/aromatic N) is 1. The van der Waals surface area contributed by atoms with Crippen LogP contribution in [0.4, 0.5) is 0 Å². The normalized spacial score (nSPS) is 21.9. The van der Waals surface area contributed by atoms with Gasteiger partial charge < -0.3 is 16.0 Å². The number of carbonyl (C=O) groups is 2. The largest absolute Gasteiger partial charge is 0.345 e. The molecule has 1 rings (SSSR count). The summed E-state index contributed by atoms with van der Waals surface area (Å²) in [6.45, 7) is 4.75. The topological polar surface area (TPSA) is 75.4 Å². The van der Waals surface area contributed by atoms with Gasteiger partial charge in [-0.3, -0.25) is 9.59 Å². The minimum Gasteiger partial charge on any atom is -0.345 e. The highest BCUT2D eigenvalue weighted by atomic mass is 16.2. The maximum absolute atomic E-state index is 12.0. The van der Waals surface area contributed by atoms with Gasteiger partial charge in [0.05, 0.1) is 0 Å². The summed E-state index contributed by atoms with van der Waals surface area (Å²) in [6, 6.07) is -0.298. The van der Waals surface area contributed by atoms with E-state index in [0.717, 1.165) is 19.4 Å². The van der Waals surface area contributed by atoms with Crippen LogP contribution in [0.2, 0.25) is 0 Å². The zero-order valence-corrected chi connectivity index (χ0v) is 10.0. The van der Waals surface area contributed by atoms with Crippen LogP contribution in [0.15, 0.2) is 0 Å². The van der Waals surface area contributed by atoms with Gasteiger partial charge in [0, 0.05) is 25.6 Å². The third kappa shape index (κ3) is 2.95. The lowest BCUT2D eigenvalue weighted by molar-refractivity contribution is -0.136. The lowest BCUT2D eigenvalue weighted by Crippen LogP contribution is -2.50. The number of likely N-dealkylation sites (tertiary alicyclic amines) is 1. The maximum atomic E-state index is 12.0. The molecule has 0 aromatic heterocycles. The highest BCUT2D eigenvalue weighted by Gasteiger charge is 2.30. The van der Waals surface area contributed by atoms with E-state index in [-0.39, 0.29) is 17.9 Å². The van der Waals surface area contributed by atoms with Crippen molar-refractivity contribution in [2.75, 3.05) is 13.1 Å². The predicted molar refractivity (Wildman–Crippen MR) is 61.7 cm³/mol. The standard InChI is InChI=1S/C11H21N3O2/c1-3-10(15)13-8(2)11(16)14-6-4-5-9(14)7-12/h8-9H,3-7,12H2,1-2H3,(H,13,15)/t8-,9-/m0/s1. The summed E-state index contributed by atoms with van der Waals surface area (Å²) >= 11 is 0. The SMILES string of the molecule is CCC(=O)N[C@@H](C)C(=O)N1CCC[C@H]1CN. The summed E-state index contributed by atoms with van der Waals surface area (Å²) in [5.41, 5.74) is 5.61. The van der Waals surface area contributed by atoms with Crippen LogP contribution in [0.1, 0.15) is 33.1 Å². The molecule has 0 spiro atoms. The van der Waals surface area contributed by atoms with E-state index in [9.17, 15) is 9.59 Å². The summed E-state index contributed by atoms with van der Waals surface area (Å²) in [5, 5.41) is 2.68. The summed E-state index contributed by atoms with van der Waals surface area (Å²) < 4.78 is 0. The third-order valence-corrected chi connectivity index (χ3v) is 3.00. The van der Waals surface area contributed by atoms with Gasteiger partial charge >= 0.3 is 0 Å². The fourth-order valence-corrected chi connectivity index (χ4v) is 2.02. The molecule has 1 saturated heterocycles. The molecule has 5 nitrogen and oxygen atoms in total. The van der Waals surface area contributed by atoms with E-state index < -0.39 is 6.04 Å². The Morgan fingerprint density at radius 2 is 2.25 bits per heavy atom. The fraction of sp³-hybridized carbons (Fsp3) is 0.818. The first-order valence-corrected chi connectivity index (χ1v) is 5.90. The molecule has 3 N–H and O–H groups in total. The smallest absolute Gasteiger partial charge is 0.245 e. The maximum Gasteiger partial charge on any atom is 0.245 e. The van der Waals surface area contributed by atoms with Crippen molar-refractivity contribution in [2.45, 2.75) is 45.2 Å². The molecule has 1 fully saturated rings. The van der Waals surface area contributed by atoms with Crippen molar-refractivity contribution < 1.29 is 9.59 Å². The van der Waals surface area contributed by atoms with E-state index in [4.69, 9.17) is 5.73 Å². The molecule has 0 unspecified atom stereocenters. The van der Waals surface area contributed by atoms with Crippen molar-refractivity contribution in [3.8, 4) is 0 Å². The van der Waals surface area contributed by atoms with E-state index >= 15 is 0 Å². The Hall–Kier alpha value is -1.10. The molecule has 0 bridgehead atoms. The molecular formula is C11H21N3O2. The first kappa shape index (κ1) is 13.0. The fourth-order valence-electron chi connectivity index (χ4n) is 2.02. The van der Waals surface area contributed by atoms with E-state index in [1.165, 1.54) is 0 Å². The van der Waals surface area contributed by atoms with Crippen LogP contribution >= 0.6 is 0 Å². The number of hydrogen-bond acceptors (Lipinski definition) is 3. The Morgan fingerprint density at radius 1 is 1.56 bits per heavy atom. The van der Waals surface area contributed by atoms with Crippen molar-refractivity contribution in [1.82, 2.24) is 10.2 Å². The molecule has 0 aromatic rings. The van der Waals surface area contributed by atoms with E-state index in [1.807, 2.05) is 0 Å². The van der Waals surface area contributed by atoms with Crippen molar-refractivity contribution in [1.29, 1.82) is 0 Å². The Labute approximate surface area is 96.4 Å². The van der Waals surface area contributed by atoms with E-state index in [1.54, 1.807) is 18.7 Å². The molecule has 1 aliphatic rings. The van der Waals surface area contributed by atoms with Gasteiger partial charge in [0.15, 0.2) is 0 Å². The molecule has 2 atom stereocenters. The van der Waals surface area contributed by atoms with Crippen LogP contribution in [-0.4, -0.2) is 41.9 Å². The highest BCUT2D eigenvalue weighted by molar-refractivity contribution is 5.87. The molecule has 5 heteroatoms. The molecule has 0 radical (unpaired) electrons. The van der Waals surface area contributed by atoms with Crippen molar-refractivity contribution in [2.24, 2.45) is 5.73 Å². The first-order valence-electron chi connectivity index (χ1n) is 5.90. The number of carbonyl (C=O) groups excluding carboxylic acids is 2. The number of nitrogens with one attached hydrogen (secondary N) is 1. The molecule has 16 heavy (non-hydrogen) atoms. The van der Waals surface area contributed by atoms with Crippen LogP contribution in [0.25, 0.3) is 0 Å². The van der Waals surface area contributed by atoms with Gasteiger partial charge in [-0.05, 0) is 19.8 Å². The van der Waals surface area contributed by atoms with Crippen molar-refractivity contribution in [3.05, 3.63) is 0 Å². The number of amides is 2. The van der Waals surface area contributed by atoms with Crippen LogP contribution < -0.4 is 11.1 Å². The summed E-state index contributed by atoms with van der Waals surface area (Å²) in [4.78, 5) is 25.0. The molecule has 92 valence electrons. The summed E-state index contributed by atoms with van der Waals surface area (Å²) in [6.07, 6.45) is 2.37. The van der Waals surface area contributed by atoms with E-state index in [2.05, 4.69) is 5.32 Å². The Morgan fingerprint density at radius 3 is 2.81 bits per heavy atom. The lowest BCUT2D eigenvalue weighted by Gasteiger charge is -2.26. The molecule has 0 aliphatic carbocycles. The van der Waals surface area contributed by atoms with Gasteiger partial charge in [-0.25, -0.2) is 0 Å². The minimum atomic E-state index is -0.445. The zero-order chi connectivity index (χ0) is 12.1. The number of rotatable bonds is 4. The Balaban J connectivity index is 2.52. The monoisotopic (exact) mass is 227 g/mol. The van der Waals surface area contributed by atoms with Crippen molar-refractivity contribution >= 4 is 11.8 Å². The van der Waals surface area contributed by atoms with Gasteiger partial charge in [-0.1, -0.05) is 6.92 Å². The third-order valence-electron chi connectivity index (χ3n) is 3.00. The minimum absolute atomic E-state index is 0.0187. The Bertz CT molecular complexity index is 268. The van der Waals surface area contributed by atoms with Gasteiger partial charge in [0.1, 0.15) is 6.04 Å². The van der Waals surface area contributed by atoms with Crippen LogP contribution in [0.3, 0.4) is 0 Å². The lowest BCUT2D eigenvalue weighted by atomic mass is 10.2. The summed E-state index contributed by atoms with van der Waals surface area (Å²) in [7, 11) is 0. The van der Waals surface area contributed by atoms with Crippen LogP contribution in [-0.2, 0) is 9.59 Å². The van der Waals surface area contributed by atoms with Crippen LogP contribution in [0.5, 0.6) is 0 Å². The van der Waals surface area contributed by atoms with Gasteiger partial charge in [0.25, 0.3) is 0 Å². The molecular weight excluding hydrogens is 206 g/mol. The first-order chi connectivity index (χ1) is 7.60. The zero-order valence-electron chi connectivity index (χ0n) is 10.0. The average Bonchev–Trinajstić information content (AvgIpc) is 2.75. The molecule has 1 aliphatic heterocycles. The number of hydrogen-bond donors (Lipinski definition) is 2. The summed E-state index contributed by atoms with van der Waals surface area (Å²) in [5.74, 6) is -0.112. The van der Waals surface area contributed by atoms with Crippen molar-refractivity contribution in [3.63, 3.8) is 0 Å². The van der Waals surface area contributed by atoms with Gasteiger partial charge in [-0.2, -0.15) is 0 Å². The second-order valence-corrected chi connectivity index (χ2v) is 4.21. The molecule has 1 heterocycles. The second-order valence-electron chi connectivity index (χ2n) is 4.21. The van der Waals surface area contributed by atoms with Gasteiger partial charge in [0.2, 0.25) is 11.8 Å². The quantitative estimate of drug-likeness (QED) is 0.701. The number of nitrogens with two attached hydrogens (primary N) is 1. The average molecular weight is 227 g/mol. The molecule has 0 saturated carbocycles. The van der Waals surface area contributed by atoms with E-state index in [0.29, 0.717) is 13.0 Å². The second kappa shape index (κ2) is 5.84.